The number of hydrogen-bond acceptors (Lipinski definition) is 3. The predicted octanol–water partition coefficient (Wildman–Crippen LogP) is 1.87. The summed E-state index contributed by atoms with van der Waals surface area (Å²) in [5, 5.41) is 8.68. The lowest BCUT2D eigenvalue weighted by atomic mass is 10.2. The summed E-state index contributed by atoms with van der Waals surface area (Å²) >= 11 is 2.91. The van der Waals surface area contributed by atoms with Gasteiger partial charge in [0.25, 0.3) is 0 Å². The number of alkyl halides is 4. The molecule has 1 aromatic rings. The smallest absolute Gasteiger partial charge is 0.477 e. The summed E-state index contributed by atoms with van der Waals surface area (Å²) < 4.78 is 39.5. The molecule has 1 heterocycles. The van der Waals surface area contributed by atoms with E-state index in [0.717, 1.165) is 6.07 Å². The van der Waals surface area contributed by atoms with E-state index in [0.29, 0.717) is 0 Å². The molecule has 0 atom stereocenters. The Kier molecular flexibility index (Phi) is 3.81. The van der Waals surface area contributed by atoms with Crippen molar-refractivity contribution in [3.8, 4) is 5.88 Å². The van der Waals surface area contributed by atoms with E-state index in [9.17, 15) is 22.8 Å². The lowest BCUT2D eigenvalue weighted by molar-refractivity contribution is -0.276. The fourth-order valence-corrected chi connectivity index (χ4v) is 1.36. The molecule has 0 bridgehead atoms. The molecule has 0 spiro atoms. The highest BCUT2D eigenvalue weighted by Gasteiger charge is 2.34. The Morgan fingerprint density at radius 2 is 2.12 bits per heavy atom. The Morgan fingerprint density at radius 1 is 1.53 bits per heavy atom. The number of pyridine rings is 1. The van der Waals surface area contributed by atoms with Crippen LogP contribution >= 0.6 is 15.9 Å². The molecule has 0 aliphatic carbocycles. The molecule has 0 aliphatic heterocycles. The molecule has 2 N–H and O–H groups in total. The van der Waals surface area contributed by atoms with Crippen LogP contribution in [0, 0.1) is 0 Å². The van der Waals surface area contributed by atoms with Crippen LogP contribution in [-0.4, -0.2) is 22.4 Å². The van der Waals surface area contributed by atoms with Crippen molar-refractivity contribution < 1.29 is 27.8 Å². The lowest BCUT2D eigenvalue weighted by Gasteiger charge is -2.11. The van der Waals surface area contributed by atoms with Crippen molar-refractivity contribution >= 4 is 21.9 Å². The second-order valence-corrected chi connectivity index (χ2v) is 3.41. The maximum absolute atomic E-state index is 12.0. The molecule has 0 saturated carbocycles. The third kappa shape index (κ3) is 3.48. The lowest BCUT2D eigenvalue weighted by Crippen LogP contribution is -2.24. The molecule has 1 rings (SSSR count). The van der Waals surface area contributed by atoms with Gasteiger partial charge in [-0.25, -0.2) is 4.79 Å². The molecule has 94 valence electrons. The first-order valence-electron chi connectivity index (χ1n) is 4.06. The molecule has 0 amide bonds. The van der Waals surface area contributed by atoms with Gasteiger partial charge in [-0.3, -0.25) is 4.79 Å². The van der Waals surface area contributed by atoms with E-state index in [1.165, 1.54) is 0 Å². The molecule has 17 heavy (non-hydrogen) atoms. The van der Waals surface area contributed by atoms with E-state index in [-0.39, 0.29) is 11.0 Å². The highest BCUT2D eigenvalue weighted by atomic mass is 79.9. The van der Waals surface area contributed by atoms with Gasteiger partial charge >= 0.3 is 12.3 Å². The van der Waals surface area contributed by atoms with Gasteiger partial charge in [-0.05, 0) is 0 Å². The van der Waals surface area contributed by atoms with Crippen molar-refractivity contribution in [2.75, 3.05) is 0 Å². The topological polar surface area (TPSA) is 79.4 Å². The molecule has 0 fully saturated rings. The van der Waals surface area contributed by atoms with Crippen molar-refractivity contribution in [1.82, 2.24) is 4.98 Å². The highest BCUT2D eigenvalue weighted by Crippen LogP contribution is 2.23. The summed E-state index contributed by atoms with van der Waals surface area (Å²) in [6.45, 7) is 0. The molecule has 0 unspecified atom stereocenters. The molecular formula is C8H5BrF3NO4. The molecule has 5 nitrogen and oxygen atoms in total. The number of carboxylic acids is 1. The first-order chi connectivity index (χ1) is 7.74. The van der Waals surface area contributed by atoms with Crippen molar-refractivity contribution in [3.63, 3.8) is 0 Å². The molecule has 0 aliphatic rings. The fraction of sp³-hybridized carbons (Fsp3) is 0.250. The van der Waals surface area contributed by atoms with Crippen LogP contribution in [0.25, 0.3) is 0 Å². The Morgan fingerprint density at radius 3 is 2.53 bits per heavy atom. The van der Waals surface area contributed by atoms with E-state index in [4.69, 9.17) is 5.11 Å². The molecule has 1 aromatic heterocycles. The number of aromatic carboxylic acids is 1. The van der Waals surface area contributed by atoms with Crippen LogP contribution in [0.1, 0.15) is 16.1 Å². The molecular weight excluding hydrogens is 311 g/mol. The monoisotopic (exact) mass is 315 g/mol. The van der Waals surface area contributed by atoms with Crippen LogP contribution in [0.3, 0.4) is 0 Å². The van der Waals surface area contributed by atoms with Crippen LogP contribution in [0.5, 0.6) is 5.88 Å². The Hall–Kier alpha value is -1.51. The van der Waals surface area contributed by atoms with Crippen molar-refractivity contribution in [3.05, 3.63) is 27.5 Å². The summed E-state index contributed by atoms with van der Waals surface area (Å²) in [7, 11) is 0. The van der Waals surface area contributed by atoms with Crippen LogP contribution in [0.15, 0.2) is 10.9 Å². The van der Waals surface area contributed by atoms with Gasteiger partial charge in [0.1, 0.15) is 0 Å². The number of ether oxygens (including phenoxy) is 1. The summed E-state index contributed by atoms with van der Waals surface area (Å²) in [5.41, 5.74) is -2.09. The maximum atomic E-state index is 12.0. The minimum absolute atomic E-state index is 0.0519. The van der Waals surface area contributed by atoms with Crippen LogP contribution in [-0.2, 0) is 5.33 Å². The van der Waals surface area contributed by atoms with Gasteiger partial charge in [-0.1, -0.05) is 15.9 Å². The van der Waals surface area contributed by atoms with Gasteiger partial charge < -0.3 is 14.8 Å². The van der Waals surface area contributed by atoms with Crippen molar-refractivity contribution in [2.45, 2.75) is 11.7 Å². The summed E-state index contributed by atoms with van der Waals surface area (Å²) in [4.78, 5) is 24.0. The summed E-state index contributed by atoms with van der Waals surface area (Å²) in [6, 6.07) is 0.876. The van der Waals surface area contributed by atoms with E-state index in [2.05, 4.69) is 25.7 Å². The zero-order valence-corrected chi connectivity index (χ0v) is 9.55. The SMILES string of the molecule is O=C(O)c1c(OC(F)(F)F)[nH]c(CBr)cc1=O. The Balaban J connectivity index is 3.38. The summed E-state index contributed by atoms with van der Waals surface area (Å²) in [5.74, 6) is -2.93. The number of rotatable bonds is 3. The van der Waals surface area contributed by atoms with Crippen LogP contribution in [0.4, 0.5) is 13.2 Å². The van der Waals surface area contributed by atoms with Crippen LogP contribution < -0.4 is 10.2 Å². The van der Waals surface area contributed by atoms with E-state index < -0.39 is 29.2 Å². The highest BCUT2D eigenvalue weighted by molar-refractivity contribution is 9.08. The minimum atomic E-state index is -5.09. The number of aromatic nitrogens is 1. The third-order valence-corrected chi connectivity index (χ3v) is 2.23. The number of hydrogen-bond donors (Lipinski definition) is 2. The average Bonchev–Trinajstić information content (AvgIpc) is 2.13. The molecule has 9 heteroatoms. The molecule has 0 saturated heterocycles. The number of carbonyl (C=O) groups is 1. The van der Waals surface area contributed by atoms with E-state index in [1.807, 2.05) is 0 Å². The van der Waals surface area contributed by atoms with Crippen molar-refractivity contribution in [1.29, 1.82) is 0 Å². The number of carboxylic acid groups (broad SMARTS) is 1. The van der Waals surface area contributed by atoms with Gasteiger partial charge in [0.05, 0.1) is 0 Å². The van der Waals surface area contributed by atoms with Crippen molar-refractivity contribution in [2.24, 2.45) is 0 Å². The minimum Gasteiger partial charge on any atom is -0.477 e. The largest absolute Gasteiger partial charge is 0.574 e. The Labute approximate surface area is 100 Å². The zero-order valence-electron chi connectivity index (χ0n) is 7.97. The second-order valence-electron chi connectivity index (χ2n) is 2.85. The normalized spacial score (nSPS) is 11.3. The molecule has 0 aromatic carbocycles. The first-order valence-corrected chi connectivity index (χ1v) is 5.18. The number of H-pyrrole nitrogens is 1. The second kappa shape index (κ2) is 4.78. The third-order valence-electron chi connectivity index (χ3n) is 1.63. The number of nitrogens with one attached hydrogen (secondary N) is 1. The Bertz CT molecular complexity index is 497. The number of halogens is 4. The van der Waals surface area contributed by atoms with Gasteiger partial charge in [0, 0.05) is 17.1 Å². The molecule has 0 radical (unpaired) electrons. The van der Waals surface area contributed by atoms with E-state index >= 15 is 0 Å². The van der Waals surface area contributed by atoms with Gasteiger partial charge in [-0.15, -0.1) is 13.2 Å². The average molecular weight is 316 g/mol. The summed E-state index contributed by atoms with van der Waals surface area (Å²) in [6.07, 6.45) is -5.09. The van der Waals surface area contributed by atoms with E-state index in [1.54, 1.807) is 0 Å². The quantitative estimate of drug-likeness (QED) is 0.834. The zero-order chi connectivity index (χ0) is 13.2. The maximum Gasteiger partial charge on any atom is 0.574 e. The predicted molar refractivity (Wildman–Crippen MR) is 53.3 cm³/mol. The fourth-order valence-electron chi connectivity index (χ4n) is 1.05. The van der Waals surface area contributed by atoms with Gasteiger partial charge in [-0.2, -0.15) is 0 Å². The number of aromatic amines is 1. The van der Waals surface area contributed by atoms with Gasteiger partial charge in [0.15, 0.2) is 11.0 Å². The van der Waals surface area contributed by atoms with Gasteiger partial charge in [0.2, 0.25) is 5.88 Å². The first kappa shape index (κ1) is 13.6. The van der Waals surface area contributed by atoms with Crippen LogP contribution in [0.2, 0.25) is 0 Å². The standard InChI is InChI=1S/C8H5BrF3NO4/c9-2-3-1-4(14)5(7(15)16)6(13-3)17-8(10,11)12/h1H,2H2,(H,13,14)(H,15,16).